The third kappa shape index (κ3) is 5.67. The quantitative estimate of drug-likeness (QED) is 0.166. The molecule has 0 radical (unpaired) electrons. The molecule has 0 spiro atoms. The van der Waals surface area contributed by atoms with Gasteiger partial charge in [-0.1, -0.05) is 139 Å². The van der Waals surface area contributed by atoms with Gasteiger partial charge in [-0.2, -0.15) is 0 Å². The fourth-order valence-corrected chi connectivity index (χ4v) is 7.31. The van der Waals surface area contributed by atoms with Crippen LogP contribution in [0.5, 0.6) is 0 Å². The van der Waals surface area contributed by atoms with Crippen molar-refractivity contribution in [3.8, 4) is 73.0 Å². The minimum Gasteiger partial charge on any atom is -0.299 e. The lowest BCUT2D eigenvalue weighted by atomic mass is 9.92. The fraction of sp³-hybridized carbons (Fsp3) is 0. The van der Waals surface area contributed by atoms with Crippen molar-refractivity contribution in [3.63, 3.8) is 0 Å². The number of para-hydroxylation sites is 2. The normalized spacial score (nSPS) is 12.6. The van der Waals surface area contributed by atoms with Crippen molar-refractivity contribution in [1.29, 1.82) is 0 Å². The van der Waals surface area contributed by atoms with Gasteiger partial charge in [0.05, 0.1) is 29.3 Å². The summed E-state index contributed by atoms with van der Waals surface area (Å²) in [7, 11) is 0. The lowest BCUT2D eigenvalue weighted by Crippen LogP contribution is -1.98. The molecule has 0 bridgehead atoms. The molecule has 4 heteroatoms. The largest absolute Gasteiger partial charge is 0.299 e. The van der Waals surface area contributed by atoms with Crippen LogP contribution in [0.4, 0.5) is 0 Å². The number of hydrogen-bond donors (Lipinski definition) is 0. The van der Waals surface area contributed by atoms with Crippen molar-refractivity contribution in [3.05, 3.63) is 206 Å². The monoisotopic (exact) mass is 695 g/mol. The van der Waals surface area contributed by atoms with Gasteiger partial charge in [0.1, 0.15) is 11.5 Å². The molecule has 3 aromatic heterocycles. The number of imidazole rings is 2. The van der Waals surface area contributed by atoms with Crippen molar-refractivity contribution in [2.45, 2.75) is 0 Å². The number of benzene rings is 7. The van der Waals surface area contributed by atoms with Gasteiger partial charge in [-0.25, -0.2) is 9.97 Å². The highest BCUT2D eigenvalue weighted by Crippen LogP contribution is 2.38. The highest BCUT2D eigenvalue weighted by molar-refractivity contribution is 5.88. The second-order valence-electron chi connectivity index (χ2n) is 13.2. The first-order valence-electron chi connectivity index (χ1n) is 20.3. The summed E-state index contributed by atoms with van der Waals surface area (Å²) < 4.78 is 47.5. The Balaban J connectivity index is 1.18. The van der Waals surface area contributed by atoms with E-state index in [0.29, 0.717) is 5.56 Å². The Labute approximate surface area is 321 Å². The third-order valence-electron chi connectivity index (χ3n) is 9.80. The van der Waals surface area contributed by atoms with E-state index in [-0.39, 0.29) is 29.7 Å². The molecular formula is C50H34N4. The average molecular weight is 696 g/mol. The standard InChI is InChI=1S/C50H34N4/c1-4-16-35(17-5-1)41-31-42(38-22-14-24-40(30-38)48-49(36-18-6-2-7-19-36)53-29-13-12-28-47(53)52-48)33-43(32-41)39-23-15-25-44(34-39)54-46-27-11-10-26-45(46)51-50(54)37-20-8-3-9-21-37/h1-34H/i1D,4D,5D,16D,17D. The molecule has 0 fully saturated rings. The van der Waals surface area contributed by atoms with Gasteiger partial charge in [-0.05, 0) is 94.0 Å². The Bertz CT molecular complexity index is 3200. The lowest BCUT2D eigenvalue weighted by Gasteiger charge is -2.14. The molecule has 0 N–H and O–H groups in total. The summed E-state index contributed by atoms with van der Waals surface area (Å²) in [6, 6.07) is 55.1. The van der Waals surface area contributed by atoms with Crippen LogP contribution < -0.4 is 0 Å². The number of pyridine rings is 1. The smallest absolute Gasteiger partial charge is 0.145 e. The Morgan fingerprint density at radius 3 is 1.80 bits per heavy atom. The Hall–Kier alpha value is -7.30. The minimum absolute atomic E-state index is 0.144. The van der Waals surface area contributed by atoms with Crippen molar-refractivity contribution < 1.29 is 6.85 Å². The van der Waals surface area contributed by atoms with Crippen LogP contribution in [0, 0.1) is 0 Å². The van der Waals surface area contributed by atoms with Gasteiger partial charge in [0, 0.05) is 28.6 Å². The van der Waals surface area contributed by atoms with E-state index in [9.17, 15) is 0 Å². The van der Waals surface area contributed by atoms with E-state index in [1.54, 1.807) is 0 Å². The van der Waals surface area contributed by atoms with Gasteiger partial charge >= 0.3 is 0 Å². The number of rotatable bonds is 7. The first-order valence-corrected chi connectivity index (χ1v) is 17.8. The van der Waals surface area contributed by atoms with Gasteiger partial charge < -0.3 is 0 Å². The molecule has 0 aliphatic carbocycles. The number of fused-ring (bicyclic) bond motifs is 2. The van der Waals surface area contributed by atoms with Crippen molar-refractivity contribution >= 4 is 16.7 Å². The van der Waals surface area contributed by atoms with E-state index in [0.717, 1.165) is 78.5 Å². The van der Waals surface area contributed by atoms with Crippen LogP contribution in [0.25, 0.3) is 89.7 Å². The number of hydrogen-bond acceptors (Lipinski definition) is 2. The highest BCUT2D eigenvalue weighted by Gasteiger charge is 2.18. The molecule has 10 rings (SSSR count). The molecule has 0 aliphatic rings. The van der Waals surface area contributed by atoms with Gasteiger partial charge in [-0.15, -0.1) is 0 Å². The second kappa shape index (κ2) is 13.4. The molecule has 0 amide bonds. The van der Waals surface area contributed by atoms with E-state index < -0.39 is 6.04 Å². The SMILES string of the molecule is [2H]c1c([2H])c([2H])c(-c2cc(-c3cccc(-c4nc5ccccn5c4-c4ccccc4)c3)cc(-c3cccc(-n4c(-c5ccccc5)nc5ccccc54)c3)c2)c([2H])c1[2H]. The molecule has 54 heavy (non-hydrogen) atoms. The summed E-state index contributed by atoms with van der Waals surface area (Å²) in [5.41, 5.74) is 12.4. The van der Waals surface area contributed by atoms with Crippen LogP contribution in [0.15, 0.2) is 206 Å². The zero-order valence-corrected chi connectivity index (χ0v) is 29.0. The van der Waals surface area contributed by atoms with Crippen molar-refractivity contribution in [2.24, 2.45) is 0 Å². The van der Waals surface area contributed by atoms with Gasteiger partial charge in [0.25, 0.3) is 0 Å². The molecule has 10 aromatic rings. The van der Waals surface area contributed by atoms with Crippen LogP contribution in [0.2, 0.25) is 0 Å². The van der Waals surface area contributed by atoms with Gasteiger partial charge in [-0.3, -0.25) is 8.97 Å². The van der Waals surface area contributed by atoms with Crippen molar-refractivity contribution in [2.75, 3.05) is 0 Å². The van der Waals surface area contributed by atoms with Crippen LogP contribution in [0.3, 0.4) is 0 Å². The van der Waals surface area contributed by atoms with Crippen molar-refractivity contribution in [1.82, 2.24) is 18.9 Å². The molecule has 0 atom stereocenters. The molecular weight excluding hydrogens is 657 g/mol. The van der Waals surface area contributed by atoms with E-state index in [4.69, 9.17) is 16.8 Å². The van der Waals surface area contributed by atoms with Gasteiger partial charge in [0.15, 0.2) is 0 Å². The summed E-state index contributed by atoms with van der Waals surface area (Å²) in [5.74, 6) is 0.816. The van der Waals surface area contributed by atoms with Gasteiger partial charge in [0.2, 0.25) is 0 Å². The van der Waals surface area contributed by atoms with Crippen LogP contribution in [-0.4, -0.2) is 18.9 Å². The zero-order chi connectivity index (χ0) is 40.2. The summed E-state index contributed by atoms with van der Waals surface area (Å²) in [6.45, 7) is 0. The number of nitrogens with zero attached hydrogens (tertiary/aromatic N) is 4. The summed E-state index contributed by atoms with van der Waals surface area (Å²) in [5, 5.41) is 0. The maximum atomic E-state index is 8.95. The Morgan fingerprint density at radius 2 is 1.02 bits per heavy atom. The fourth-order valence-electron chi connectivity index (χ4n) is 7.31. The molecule has 3 heterocycles. The van der Waals surface area contributed by atoms with E-state index >= 15 is 0 Å². The Morgan fingerprint density at radius 1 is 0.426 bits per heavy atom. The molecule has 0 unspecified atom stereocenters. The van der Waals surface area contributed by atoms with E-state index in [1.165, 1.54) is 0 Å². The molecule has 4 nitrogen and oxygen atoms in total. The first kappa shape index (κ1) is 26.5. The molecule has 0 aliphatic heterocycles. The topological polar surface area (TPSA) is 35.1 Å². The lowest BCUT2D eigenvalue weighted by molar-refractivity contribution is 1.10. The van der Waals surface area contributed by atoms with Crippen LogP contribution in [0.1, 0.15) is 6.85 Å². The zero-order valence-electron chi connectivity index (χ0n) is 34.0. The predicted octanol–water partition coefficient (Wildman–Crippen LogP) is 12.7. The Kier molecular flexibility index (Phi) is 6.54. The van der Waals surface area contributed by atoms with Crippen LogP contribution in [-0.2, 0) is 0 Å². The molecule has 254 valence electrons. The second-order valence-corrected chi connectivity index (χ2v) is 13.2. The number of aromatic nitrogens is 4. The molecule has 7 aromatic carbocycles. The van der Waals surface area contributed by atoms with E-state index in [1.807, 2.05) is 115 Å². The van der Waals surface area contributed by atoms with E-state index in [2.05, 4.69) is 69.6 Å². The molecule has 0 saturated heterocycles. The summed E-state index contributed by atoms with van der Waals surface area (Å²) >= 11 is 0. The average Bonchev–Trinajstić information content (AvgIpc) is 3.88. The molecule has 0 saturated carbocycles. The first-order chi connectivity index (χ1) is 28.8. The predicted molar refractivity (Wildman–Crippen MR) is 222 cm³/mol. The highest BCUT2D eigenvalue weighted by atomic mass is 15.1. The maximum absolute atomic E-state index is 8.95. The summed E-state index contributed by atoms with van der Waals surface area (Å²) in [6.07, 6.45) is 2.03. The maximum Gasteiger partial charge on any atom is 0.145 e. The summed E-state index contributed by atoms with van der Waals surface area (Å²) in [4.78, 5) is 10.2. The third-order valence-corrected chi connectivity index (χ3v) is 9.80. The van der Waals surface area contributed by atoms with Crippen LogP contribution >= 0.6 is 0 Å². The minimum atomic E-state index is -0.427.